The Morgan fingerprint density at radius 2 is 2.24 bits per heavy atom. The highest BCUT2D eigenvalue weighted by Gasteiger charge is 2.23. The molecule has 21 heavy (non-hydrogen) atoms. The lowest BCUT2D eigenvalue weighted by molar-refractivity contribution is -0.0156. The number of nitrogens with one attached hydrogen (secondary N) is 1. The molecule has 3 N–H and O–H groups in total. The van der Waals surface area contributed by atoms with Crippen LogP contribution in [0.3, 0.4) is 0 Å². The fourth-order valence-electron chi connectivity index (χ4n) is 2.22. The fourth-order valence-corrected chi connectivity index (χ4v) is 3.88. The Bertz CT molecular complexity index is 621. The number of halogens is 1. The van der Waals surface area contributed by atoms with Gasteiger partial charge in [-0.1, -0.05) is 11.6 Å². The first-order valence-corrected chi connectivity index (χ1v) is 8.51. The third-order valence-corrected chi connectivity index (χ3v) is 5.27. The molecule has 0 spiro atoms. The second-order valence-corrected chi connectivity index (χ2v) is 7.40. The molecule has 1 fully saturated rings. The Labute approximate surface area is 130 Å². The van der Waals surface area contributed by atoms with Crippen LogP contribution in [-0.4, -0.2) is 52.7 Å². The van der Waals surface area contributed by atoms with E-state index in [0.29, 0.717) is 29.4 Å². The van der Waals surface area contributed by atoms with Crippen LogP contribution in [-0.2, 0) is 14.8 Å². The quantitative estimate of drug-likeness (QED) is 0.798. The van der Waals surface area contributed by atoms with Crippen molar-refractivity contribution >= 4 is 27.3 Å². The van der Waals surface area contributed by atoms with Gasteiger partial charge >= 0.3 is 0 Å². The third-order valence-electron chi connectivity index (χ3n) is 3.50. The second kappa shape index (κ2) is 6.50. The molecule has 6 nitrogen and oxygen atoms in total. The van der Waals surface area contributed by atoms with Crippen molar-refractivity contribution in [2.24, 2.45) is 0 Å². The first-order valence-electron chi connectivity index (χ1n) is 6.65. The molecular weight excluding hydrogens is 314 g/mol. The molecule has 1 unspecified atom stereocenters. The monoisotopic (exact) mass is 333 g/mol. The number of nitrogen functional groups attached to an aromatic ring is 1. The summed E-state index contributed by atoms with van der Waals surface area (Å²) in [6.45, 7) is 4.03. The minimum Gasteiger partial charge on any atom is -0.398 e. The SMILES string of the molecule is Cc1c(N)cc(Cl)cc1S(=O)(=O)NCC1CN(C)CCO1. The number of hydrogen-bond acceptors (Lipinski definition) is 5. The number of nitrogens with zero attached hydrogens (tertiary/aromatic N) is 1. The summed E-state index contributed by atoms with van der Waals surface area (Å²) in [4.78, 5) is 2.21. The van der Waals surface area contributed by atoms with Crippen molar-refractivity contribution in [1.82, 2.24) is 9.62 Å². The van der Waals surface area contributed by atoms with Crippen LogP contribution in [0.25, 0.3) is 0 Å². The van der Waals surface area contributed by atoms with Crippen LogP contribution in [0.1, 0.15) is 5.56 Å². The summed E-state index contributed by atoms with van der Waals surface area (Å²) in [6, 6.07) is 2.94. The van der Waals surface area contributed by atoms with E-state index in [0.717, 1.165) is 6.54 Å². The molecule has 2 rings (SSSR count). The lowest BCUT2D eigenvalue weighted by atomic mass is 10.2. The van der Waals surface area contributed by atoms with Crippen molar-refractivity contribution in [3.05, 3.63) is 22.7 Å². The molecule has 1 aromatic carbocycles. The topological polar surface area (TPSA) is 84.7 Å². The molecule has 0 aliphatic carbocycles. The maximum Gasteiger partial charge on any atom is 0.241 e. The average Bonchev–Trinajstić information content (AvgIpc) is 2.41. The number of likely N-dealkylation sites (N-methyl/N-ethyl adjacent to an activating group) is 1. The Balaban J connectivity index is 2.12. The average molecular weight is 334 g/mol. The number of nitrogens with two attached hydrogens (primary N) is 1. The highest BCUT2D eigenvalue weighted by Crippen LogP contribution is 2.25. The van der Waals surface area contributed by atoms with E-state index >= 15 is 0 Å². The maximum absolute atomic E-state index is 12.4. The van der Waals surface area contributed by atoms with Crippen LogP contribution >= 0.6 is 11.6 Å². The zero-order valence-corrected chi connectivity index (χ0v) is 13.7. The molecule has 1 heterocycles. The Morgan fingerprint density at radius 1 is 1.52 bits per heavy atom. The van der Waals surface area contributed by atoms with Crippen molar-refractivity contribution in [1.29, 1.82) is 0 Å². The number of anilines is 1. The minimum absolute atomic E-state index is 0.108. The third kappa shape index (κ3) is 4.08. The molecule has 118 valence electrons. The van der Waals surface area contributed by atoms with Crippen molar-refractivity contribution < 1.29 is 13.2 Å². The summed E-state index contributed by atoms with van der Waals surface area (Å²) < 4.78 is 32.9. The number of hydrogen-bond donors (Lipinski definition) is 2. The van der Waals surface area contributed by atoms with Crippen molar-refractivity contribution in [3.8, 4) is 0 Å². The molecule has 1 saturated heterocycles. The number of ether oxygens (including phenoxy) is 1. The van der Waals surface area contributed by atoms with Crippen molar-refractivity contribution in [2.75, 3.05) is 39.0 Å². The highest BCUT2D eigenvalue weighted by molar-refractivity contribution is 7.89. The maximum atomic E-state index is 12.4. The van der Waals surface area contributed by atoms with Crippen LogP contribution in [0.5, 0.6) is 0 Å². The number of benzene rings is 1. The minimum atomic E-state index is -3.67. The lowest BCUT2D eigenvalue weighted by Crippen LogP contribution is -2.45. The van der Waals surface area contributed by atoms with E-state index < -0.39 is 10.0 Å². The van der Waals surface area contributed by atoms with Crippen LogP contribution in [0.2, 0.25) is 5.02 Å². The summed E-state index contributed by atoms with van der Waals surface area (Å²) in [5.41, 5.74) is 6.62. The molecule has 0 saturated carbocycles. The molecule has 1 aliphatic rings. The Kier molecular flexibility index (Phi) is 5.11. The van der Waals surface area contributed by atoms with Crippen LogP contribution in [0.4, 0.5) is 5.69 Å². The summed E-state index contributed by atoms with van der Waals surface area (Å²) in [5, 5.41) is 0.298. The van der Waals surface area contributed by atoms with Gasteiger partial charge in [-0.3, -0.25) is 0 Å². The first-order chi connectivity index (χ1) is 9.79. The van der Waals surface area contributed by atoms with E-state index in [1.165, 1.54) is 12.1 Å². The first kappa shape index (κ1) is 16.5. The molecule has 8 heteroatoms. The standard InChI is InChI=1S/C13H20ClN3O3S/c1-9-12(15)5-10(14)6-13(9)21(18,19)16-7-11-8-17(2)3-4-20-11/h5-6,11,16H,3-4,7-8,15H2,1-2H3. The van der Waals surface area contributed by atoms with Gasteiger partial charge in [-0.25, -0.2) is 13.1 Å². The van der Waals surface area contributed by atoms with Crippen LogP contribution in [0, 0.1) is 6.92 Å². The van der Waals surface area contributed by atoms with Gasteiger partial charge in [0.1, 0.15) is 0 Å². The van der Waals surface area contributed by atoms with Gasteiger partial charge in [-0.05, 0) is 31.7 Å². The summed E-state index contributed by atoms with van der Waals surface area (Å²) in [5.74, 6) is 0. The Morgan fingerprint density at radius 3 is 2.90 bits per heavy atom. The van der Waals surface area contributed by atoms with Gasteiger partial charge in [0.25, 0.3) is 0 Å². The van der Waals surface area contributed by atoms with Gasteiger partial charge in [0.2, 0.25) is 10.0 Å². The van der Waals surface area contributed by atoms with Crippen LogP contribution < -0.4 is 10.5 Å². The van der Waals surface area contributed by atoms with Gasteiger partial charge in [0.05, 0.1) is 17.6 Å². The van der Waals surface area contributed by atoms with E-state index in [4.69, 9.17) is 22.1 Å². The van der Waals surface area contributed by atoms with E-state index in [1.54, 1.807) is 6.92 Å². The molecule has 1 aliphatic heterocycles. The predicted octanol–water partition coefficient (Wildman–Crippen LogP) is 0.840. The highest BCUT2D eigenvalue weighted by atomic mass is 35.5. The largest absolute Gasteiger partial charge is 0.398 e. The summed E-state index contributed by atoms with van der Waals surface area (Å²) in [7, 11) is -1.69. The van der Waals surface area contributed by atoms with Gasteiger partial charge in [-0.15, -0.1) is 0 Å². The predicted molar refractivity (Wildman–Crippen MR) is 83.0 cm³/mol. The summed E-state index contributed by atoms with van der Waals surface area (Å²) >= 11 is 5.89. The van der Waals surface area contributed by atoms with Crippen LogP contribution in [0.15, 0.2) is 17.0 Å². The lowest BCUT2D eigenvalue weighted by Gasteiger charge is -2.30. The van der Waals surface area contributed by atoms with Gasteiger partial charge in [0, 0.05) is 30.3 Å². The van der Waals surface area contributed by atoms with E-state index in [9.17, 15) is 8.42 Å². The van der Waals surface area contributed by atoms with Gasteiger partial charge < -0.3 is 15.4 Å². The number of rotatable bonds is 4. The molecule has 0 aromatic heterocycles. The van der Waals surface area contributed by atoms with E-state index in [-0.39, 0.29) is 17.5 Å². The fraction of sp³-hybridized carbons (Fsp3) is 0.538. The normalized spacial score (nSPS) is 20.6. The summed E-state index contributed by atoms with van der Waals surface area (Å²) in [6.07, 6.45) is -0.157. The molecule has 0 bridgehead atoms. The van der Waals surface area contributed by atoms with Gasteiger partial charge in [-0.2, -0.15) is 0 Å². The molecular formula is C13H20ClN3O3S. The smallest absolute Gasteiger partial charge is 0.241 e. The van der Waals surface area contributed by atoms with Crippen molar-refractivity contribution in [2.45, 2.75) is 17.9 Å². The second-order valence-electron chi connectivity index (χ2n) is 5.23. The van der Waals surface area contributed by atoms with Gasteiger partial charge in [0.15, 0.2) is 0 Å². The molecule has 1 atom stereocenters. The molecule has 0 amide bonds. The zero-order chi connectivity index (χ0) is 15.6. The molecule has 1 aromatic rings. The number of morpholine rings is 1. The van der Waals surface area contributed by atoms with E-state index in [1.807, 2.05) is 7.05 Å². The molecule has 0 radical (unpaired) electrons. The zero-order valence-electron chi connectivity index (χ0n) is 12.1. The number of sulfonamides is 1. The Hall–Kier alpha value is -0.860. The van der Waals surface area contributed by atoms with E-state index in [2.05, 4.69) is 9.62 Å². The van der Waals surface area contributed by atoms with Crippen molar-refractivity contribution in [3.63, 3.8) is 0 Å².